The number of nitrogens with one attached hydrogen (secondary N) is 1. The third kappa shape index (κ3) is 4.87. The summed E-state index contributed by atoms with van der Waals surface area (Å²) in [5.74, 6) is 0.0415. The Bertz CT molecular complexity index is 661. The molecule has 0 saturated carbocycles. The van der Waals surface area contributed by atoms with E-state index in [2.05, 4.69) is 27.1 Å². The zero-order chi connectivity index (χ0) is 17.6. The summed E-state index contributed by atoms with van der Waals surface area (Å²) in [7, 11) is 4.19. The lowest BCUT2D eigenvalue weighted by Crippen LogP contribution is -2.48. The summed E-state index contributed by atoms with van der Waals surface area (Å²) in [5, 5.41) is 6.03. The molecule has 0 aliphatic carbocycles. The van der Waals surface area contributed by atoms with Gasteiger partial charge in [0.2, 0.25) is 5.91 Å². The molecule has 1 aromatic carbocycles. The SMILES string of the molecule is CN1CCC[C@H](N(C)CC(=O)N[C@H](c2ccccc2)c2nccs2)C1. The average molecular weight is 359 g/mol. The first-order chi connectivity index (χ1) is 12.1. The van der Waals surface area contributed by atoms with Crippen LogP contribution in [0.15, 0.2) is 41.9 Å². The Morgan fingerprint density at radius 2 is 2.24 bits per heavy atom. The largest absolute Gasteiger partial charge is 0.342 e. The average Bonchev–Trinajstić information content (AvgIpc) is 3.15. The molecular formula is C19H26N4OS. The van der Waals surface area contributed by atoms with Gasteiger partial charge >= 0.3 is 0 Å². The van der Waals surface area contributed by atoms with Crippen LogP contribution in [-0.2, 0) is 4.79 Å². The maximum Gasteiger partial charge on any atom is 0.235 e. The van der Waals surface area contributed by atoms with Gasteiger partial charge in [-0.2, -0.15) is 0 Å². The van der Waals surface area contributed by atoms with Gasteiger partial charge in [-0.1, -0.05) is 30.3 Å². The van der Waals surface area contributed by atoms with Crippen LogP contribution in [0, 0.1) is 0 Å². The number of carbonyl (C=O) groups is 1. The smallest absolute Gasteiger partial charge is 0.235 e. The molecule has 1 saturated heterocycles. The van der Waals surface area contributed by atoms with E-state index in [4.69, 9.17) is 0 Å². The van der Waals surface area contributed by atoms with Crippen molar-refractivity contribution in [2.24, 2.45) is 0 Å². The van der Waals surface area contributed by atoms with Crippen molar-refractivity contribution in [3.63, 3.8) is 0 Å². The Hall–Kier alpha value is -1.76. The van der Waals surface area contributed by atoms with Crippen LogP contribution in [0.2, 0.25) is 0 Å². The first-order valence-electron chi connectivity index (χ1n) is 8.76. The molecule has 0 bridgehead atoms. The van der Waals surface area contributed by atoms with Gasteiger partial charge in [0.15, 0.2) is 0 Å². The number of benzene rings is 1. The van der Waals surface area contributed by atoms with Crippen molar-refractivity contribution in [3.05, 3.63) is 52.5 Å². The molecule has 1 aromatic heterocycles. The van der Waals surface area contributed by atoms with Gasteiger partial charge in [0.1, 0.15) is 11.0 Å². The Labute approximate surface area is 153 Å². The summed E-state index contributed by atoms with van der Waals surface area (Å²) < 4.78 is 0. The number of carbonyl (C=O) groups excluding carboxylic acids is 1. The predicted molar refractivity (Wildman–Crippen MR) is 102 cm³/mol. The van der Waals surface area contributed by atoms with Gasteiger partial charge in [0, 0.05) is 24.2 Å². The summed E-state index contributed by atoms with van der Waals surface area (Å²) >= 11 is 1.57. The van der Waals surface area contributed by atoms with E-state index >= 15 is 0 Å². The molecule has 1 aliphatic rings. The van der Waals surface area contributed by atoms with Crippen LogP contribution in [0.5, 0.6) is 0 Å². The van der Waals surface area contributed by atoms with E-state index in [1.54, 1.807) is 17.5 Å². The first-order valence-corrected chi connectivity index (χ1v) is 9.64. The van der Waals surface area contributed by atoms with E-state index < -0.39 is 0 Å². The Balaban J connectivity index is 1.64. The molecule has 6 heteroatoms. The Kier molecular flexibility index (Phi) is 6.18. The Morgan fingerprint density at radius 3 is 2.92 bits per heavy atom. The lowest BCUT2D eigenvalue weighted by molar-refractivity contribution is -0.123. The number of thiazole rings is 1. The van der Waals surface area contributed by atoms with Gasteiger partial charge in [-0.15, -0.1) is 11.3 Å². The molecule has 1 fully saturated rings. The van der Waals surface area contributed by atoms with Crippen molar-refractivity contribution < 1.29 is 4.79 Å². The van der Waals surface area contributed by atoms with Gasteiger partial charge < -0.3 is 10.2 Å². The molecule has 1 amide bonds. The summed E-state index contributed by atoms with van der Waals surface area (Å²) in [5.41, 5.74) is 1.06. The zero-order valence-electron chi connectivity index (χ0n) is 14.9. The maximum atomic E-state index is 12.7. The predicted octanol–water partition coefficient (Wildman–Crippen LogP) is 2.37. The first kappa shape index (κ1) is 18.0. The number of rotatable bonds is 6. The van der Waals surface area contributed by atoms with Gasteiger partial charge in [-0.25, -0.2) is 4.98 Å². The van der Waals surface area contributed by atoms with E-state index in [-0.39, 0.29) is 11.9 Å². The van der Waals surface area contributed by atoms with E-state index in [1.165, 1.54) is 6.42 Å². The molecule has 0 unspecified atom stereocenters. The van der Waals surface area contributed by atoms with Crippen LogP contribution in [0.25, 0.3) is 0 Å². The van der Waals surface area contributed by atoms with E-state index in [1.807, 2.05) is 42.8 Å². The highest BCUT2D eigenvalue weighted by Gasteiger charge is 2.24. The van der Waals surface area contributed by atoms with Crippen molar-refractivity contribution in [1.29, 1.82) is 0 Å². The van der Waals surface area contributed by atoms with Gasteiger partial charge in [0.05, 0.1) is 6.54 Å². The molecule has 2 aromatic rings. The number of likely N-dealkylation sites (tertiary alicyclic amines) is 1. The lowest BCUT2D eigenvalue weighted by atomic mass is 10.0. The van der Waals surface area contributed by atoms with E-state index in [0.29, 0.717) is 12.6 Å². The zero-order valence-corrected chi connectivity index (χ0v) is 15.7. The number of hydrogen-bond donors (Lipinski definition) is 1. The molecule has 2 atom stereocenters. The number of likely N-dealkylation sites (N-methyl/N-ethyl adjacent to an activating group) is 2. The maximum absolute atomic E-state index is 12.7. The van der Waals surface area contributed by atoms with Crippen molar-refractivity contribution in [2.45, 2.75) is 24.9 Å². The monoisotopic (exact) mass is 358 g/mol. The number of nitrogens with zero attached hydrogens (tertiary/aromatic N) is 3. The highest BCUT2D eigenvalue weighted by molar-refractivity contribution is 7.09. The molecule has 25 heavy (non-hydrogen) atoms. The minimum absolute atomic E-state index is 0.0415. The Morgan fingerprint density at radius 1 is 1.44 bits per heavy atom. The van der Waals surface area contributed by atoms with Crippen LogP contribution in [-0.4, -0.2) is 60.5 Å². The molecule has 2 heterocycles. The highest BCUT2D eigenvalue weighted by atomic mass is 32.1. The molecular weight excluding hydrogens is 332 g/mol. The molecule has 1 N–H and O–H groups in total. The molecule has 3 rings (SSSR count). The normalized spacial score (nSPS) is 19.7. The van der Waals surface area contributed by atoms with Crippen molar-refractivity contribution in [1.82, 2.24) is 20.1 Å². The van der Waals surface area contributed by atoms with Crippen LogP contribution in [0.4, 0.5) is 0 Å². The van der Waals surface area contributed by atoms with Crippen molar-refractivity contribution in [2.75, 3.05) is 33.7 Å². The lowest BCUT2D eigenvalue weighted by Gasteiger charge is -2.35. The third-order valence-corrected chi connectivity index (χ3v) is 5.59. The molecule has 0 spiro atoms. The third-order valence-electron chi connectivity index (χ3n) is 4.75. The molecule has 1 aliphatic heterocycles. The number of amides is 1. The standard InChI is InChI=1S/C19H26N4OS/c1-22-11-6-9-16(13-22)23(2)14-17(24)21-18(19-20-10-12-25-19)15-7-4-3-5-8-15/h3-5,7-8,10,12,16,18H,6,9,11,13-14H2,1-2H3,(H,21,24)/t16-,18+/m0/s1. The van der Waals surface area contributed by atoms with Crippen LogP contribution < -0.4 is 5.32 Å². The second kappa shape index (κ2) is 8.56. The van der Waals surface area contributed by atoms with E-state index in [9.17, 15) is 4.79 Å². The minimum atomic E-state index is -0.184. The second-order valence-corrected chi connectivity index (χ2v) is 7.68. The van der Waals surface area contributed by atoms with Crippen LogP contribution in [0.1, 0.15) is 29.5 Å². The fraction of sp³-hybridized carbons (Fsp3) is 0.474. The number of piperidine rings is 1. The molecule has 134 valence electrons. The highest BCUT2D eigenvalue weighted by Crippen LogP contribution is 2.23. The van der Waals surface area contributed by atoms with Crippen molar-refractivity contribution >= 4 is 17.2 Å². The molecule has 0 radical (unpaired) electrons. The topological polar surface area (TPSA) is 48.5 Å². The van der Waals surface area contributed by atoms with E-state index in [0.717, 1.165) is 30.1 Å². The molecule has 5 nitrogen and oxygen atoms in total. The number of aromatic nitrogens is 1. The van der Waals surface area contributed by atoms with Gasteiger partial charge in [0.25, 0.3) is 0 Å². The van der Waals surface area contributed by atoms with Crippen LogP contribution in [0.3, 0.4) is 0 Å². The number of hydrogen-bond acceptors (Lipinski definition) is 5. The fourth-order valence-electron chi connectivity index (χ4n) is 3.37. The minimum Gasteiger partial charge on any atom is -0.342 e. The fourth-order valence-corrected chi connectivity index (χ4v) is 4.09. The quantitative estimate of drug-likeness (QED) is 0.861. The van der Waals surface area contributed by atoms with Gasteiger partial charge in [-0.05, 0) is 39.0 Å². The summed E-state index contributed by atoms with van der Waals surface area (Å²) in [6.07, 6.45) is 4.13. The summed E-state index contributed by atoms with van der Waals surface area (Å²) in [6.45, 7) is 2.59. The second-order valence-electron chi connectivity index (χ2n) is 6.75. The van der Waals surface area contributed by atoms with Crippen molar-refractivity contribution in [3.8, 4) is 0 Å². The van der Waals surface area contributed by atoms with Crippen LogP contribution >= 0.6 is 11.3 Å². The summed E-state index contributed by atoms with van der Waals surface area (Å²) in [4.78, 5) is 21.6. The van der Waals surface area contributed by atoms with Gasteiger partial charge in [-0.3, -0.25) is 9.69 Å². The summed E-state index contributed by atoms with van der Waals surface area (Å²) in [6, 6.07) is 10.3.